The van der Waals surface area contributed by atoms with E-state index in [9.17, 15) is 4.79 Å². The Labute approximate surface area is 149 Å². The van der Waals surface area contributed by atoms with Gasteiger partial charge in [0, 0.05) is 18.3 Å². The van der Waals surface area contributed by atoms with Gasteiger partial charge >= 0.3 is 5.97 Å². The number of esters is 1. The van der Waals surface area contributed by atoms with E-state index < -0.39 is 0 Å². The summed E-state index contributed by atoms with van der Waals surface area (Å²) in [7, 11) is 0. The van der Waals surface area contributed by atoms with Crippen molar-refractivity contribution in [2.45, 2.75) is 51.4 Å². The number of nitrogens with zero attached hydrogens (tertiary/aromatic N) is 1. The first kappa shape index (κ1) is 20.8. The number of nitrogens with one attached hydrogen (secondary N) is 2. The van der Waals surface area contributed by atoms with Gasteiger partial charge in [0.2, 0.25) is 0 Å². The van der Waals surface area contributed by atoms with Crippen LogP contribution in [0.3, 0.4) is 0 Å². The zero-order valence-corrected chi connectivity index (χ0v) is 16.3. The fourth-order valence-corrected chi connectivity index (χ4v) is 3.11. The molecule has 1 fully saturated rings. The molecule has 21 heavy (non-hydrogen) atoms. The minimum absolute atomic E-state index is 0. The van der Waals surface area contributed by atoms with Crippen LogP contribution in [0, 0.1) is 0 Å². The molecule has 5 nitrogen and oxygen atoms in total. The number of ether oxygens (including phenoxy) is 1. The number of hydrogen-bond donors (Lipinski definition) is 2. The maximum atomic E-state index is 11.4. The molecule has 1 aliphatic heterocycles. The fourth-order valence-electron chi connectivity index (χ4n) is 1.93. The molecule has 7 heteroatoms. The van der Waals surface area contributed by atoms with Gasteiger partial charge in [0.15, 0.2) is 5.96 Å². The Kier molecular flexibility index (Phi) is 12.3. The highest BCUT2D eigenvalue weighted by atomic mass is 127. The molecule has 0 amide bonds. The Hall–Kier alpha value is -0.180. The van der Waals surface area contributed by atoms with Crippen LogP contribution in [0.4, 0.5) is 0 Å². The van der Waals surface area contributed by atoms with Crippen molar-refractivity contribution in [2.24, 2.45) is 4.99 Å². The number of carbonyl (C=O) groups excluding carboxylic acids is 1. The van der Waals surface area contributed by atoms with Crippen molar-refractivity contribution < 1.29 is 9.53 Å². The number of guanidine groups is 1. The van der Waals surface area contributed by atoms with Crippen LogP contribution in [0.5, 0.6) is 0 Å². The lowest BCUT2D eigenvalue weighted by molar-refractivity contribution is -0.147. The van der Waals surface area contributed by atoms with Crippen LogP contribution in [0.2, 0.25) is 0 Å². The van der Waals surface area contributed by atoms with E-state index in [0.29, 0.717) is 18.2 Å². The van der Waals surface area contributed by atoms with Crippen LogP contribution in [-0.4, -0.2) is 48.7 Å². The molecule has 1 heterocycles. The molecule has 1 aliphatic rings. The first-order valence-corrected chi connectivity index (χ1v) is 8.50. The maximum absolute atomic E-state index is 11.4. The Morgan fingerprint density at radius 1 is 1.43 bits per heavy atom. The third-order valence-electron chi connectivity index (χ3n) is 2.81. The average Bonchev–Trinajstić information content (AvgIpc) is 2.88. The van der Waals surface area contributed by atoms with Crippen LogP contribution >= 0.6 is 35.7 Å². The van der Waals surface area contributed by atoms with Crippen molar-refractivity contribution in [2.75, 3.05) is 25.4 Å². The zero-order valence-electron chi connectivity index (χ0n) is 13.2. The van der Waals surface area contributed by atoms with E-state index >= 15 is 0 Å². The number of halogens is 1. The molecule has 0 aromatic carbocycles. The molecular formula is C14H28IN3O2S. The minimum Gasteiger partial charge on any atom is -0.463 e. The van der Waals surface area contributed by atoms with Gasteiger partial charge in [0.25, 0.3) is 0 Å². The third kappa shape index (κ3) is 10.2. The van der Waals surface area contributed by atoms with E-state index in [2.05, 4.69) is 15.6 Å². The molecule has 2 N–H and O–H groups in total. The lowest BCUT2D eigenvalue weighted by Gasteiger charge is -2.13. The second kappa shape index (κ2) is 12.4. The summed E-state index contributed by atoms with van der Waals surface area (Å²) >= 11 is 2.00. The van der Waals surface area contributed by atoms with Crippen molar-refractivity contribution in [3.8, 4) is 0 Å². The quantitative estimate of drug-likeness (QED) is 0.282. The molecule has 0 aliphatic carbocycles. The van der Waals surface area contributed by atoms with E-state index in [1.165, 1.54) is 18.6 Å². The Morgan fingerprint density at radius 2 is 2.19 bits per heavy atom. The highest BCUT2D eigenvalue weighted by Crippen LogP contribution is 2.25. The van der Waals surface area contributed by atoms with Crippen LogP contribution in [-0.2, 0) is 9.53 Å². The summed E-state index contributed by atoms with van der Waals surface area (Å²) in [6.45, 7) is 7.96. The van der Waals surface area contributed by atoms with Gasteiger partial charge in [-0.1, -0.05) is 0 Å². The zero-order chi connectivity index (χ0) is 14.8. The summed E-state index contributed by atoms with van der Waals surface area (Å²) in [5, 5.41) is 7.03. The van der Waals surface area contributed by atoms with Gasteiger partial charge in [-0.15, -0.1) is 24.0 Å². The molecule has 0 spiro atoms. The number of hydrogen-bond acceptors (Lipinski definition) is 4. The second-order valence-corrected chi connectivity index (χ2v) is 6.48. The predicted molar refractivity (Wildman–Crippen MR) is 101 cm³/mol. The summed E-state index contributed by atoms with van der Waals surface area (Å²) < 4.78 is 5.09. The van der Waals surface area contributed by atoms with Crippen molar-refractivity contribution in [3.05, 3.63) is 0 Å². The van der Waals surface area contributed by atoms with Crippen LogP contribution < -0.4 is 10.6 Å². The van der Waals surface area contributed by atoms with Crippen LogP contribution in [0.15, 0.2) is 4.99 Å². The maximum Gasteiger partial charge on any atom is 0.307 e. The van der Waals surface area contributed by atoms with E-state index in [4.69, 9.17) is 4.74 Å². The fraction of sp³-hybridized carbons (Fsp3) is 0.857. The molecule has 0 aromatic heterocycles. The third-order valence-corrected chi connectivity index (χ3v) is 4.19. The molecule has 1 atom stereocenters. The largest absolute Gasteiger partial charge is 0.463 e. The summed E-state index contributed by atoms with van der Waals surface area (Å²) in [5.74, 6) is 1.87. The van der Waals surface area contributed by atoms with Gasteiger partial charge in [-0.2, -0.15) is 11.8 Å². The molecule has 1 unspecified atom stereocenters. The van der Waals surface area contributed by atoms with Gasteiger partial charge in [-0.3, -0.25) is 9.79 Å². The van der Waals surface area contributed by atoms with Gasteiger partial charge in [-0.25, -0.2) is 0 Å². The summed E-state index contributed by atoms with van der Waals surface area (Å²) in [5.41, 5.74) is 0. The molecule has 1 saturated heterocycles. The lowest BCUT2D eigenvalue weighted by Crippen LogP contribution is -2.39. The average molecular weight is 429 g/mol. The predicted octanol–water partition coefficient (Wildman–Crippen LogP) is 2.40. The minimum atomic E-state index is -0.172. The lowest BCUT2D eigenvalue weighted by atomic mass is 10.2. The molecule has 0 radical (unpaired) electrons. The van der Waals surface area contributed by atoms with Gasteiger partial charge in [0.05, 0.1) is 19.1 Å². The number of rotatable bonds is 7. The summed E-state index contributed by atoms with van der Waals surface area (Å²) in [6, 6.07) is 0. The van der Waals surface area contributed by atoms with Gasteiger partial charge in [0.1, 0.15) is 0 Å². The summed E-state index contributed by atoms with van der Waals surface area (Å²) in [4.78, 5) is 16.0. The highest BCUT2D eigenvalue weighted by Gasteiger charge is 2.15. The van der Waals surface area contributed by atoms with Gasteiger partial charge in [-0.05, 0) is 39.4 Å². The smallest absolute Gasteiger partial charge is 0.307 e. The van der Waals surface area contributed by atoms with Crippen LogP contribution in [0.25, 0.3) is 0 Å². The highest BCUT2D eigenvalue weighted by molar-refractivity contribution is 14.0. The molecule has 124 valence electrons. The first-order chi connectivity index (χ1) is 9.61. The molecule has 0 aromatic rings. The van der Waals surface area contributed by atoms with E-state index in [0.717, 1.165) is 19.0 Å². The van der Waals surface area contributed by atoms with Crippen molar-refractivity contribution in [1.82, 2.24) is 10.6 Å². The molecule has 1 rings (SSSR count). The molecular weight excluding hydrogens is 401 g/mol. The van der Waals surface area contributed by atoms with Crippen molar-refractivity contribution in [3.63, 3.8) is 0 Å². The molecule has 0 saturated carbocycles. The number of carbonyl (C=O) groups is 1. The second-order valence-electron chi connectivity index (χ2n) is 5.07. The van der Waals surface area contributed by atoms with Crippen LogP contribution in [0.1, 0.15) is 40.0 Å². The Bertz CT molecular complexity index is 321. The van der Waals surface area contributed by atoms with E-state index in [1.807, 2.05) is 32.5 Å². The SMILES string of the molecule is CCNC(=NCC1CCCS1)NCCC(=O)OC(C)C.I. The first-order valence-electron chi connectivity index (χ1n) is 7.45. The number of aliphatic imine (C=N–C) groups is 1. The number of thioether (sulfide) groups is 1. The van der Waals surface area contributed by atoms with Gasteiger partial charge < -0.3 is 15.4 Å². The molecule has 0 bridgehead atoms. The normalized spacial score (nSPS) is 18.3. The van der Waals surface area contributed by atoms with Crippen molar-refractivity contribution in [1.29, 1.82) is 0 Å². The summed E-state index contributed by atoms with van der Waals surface area (Å²) in [6.07, 6.45) is 2.87. The Balaban J connectivity index is 0.00000400. The monoisotopic (exact) mass is 429 g/mol. The topological polar surface area (TPSA) is 62.7 Å². The van der Waals surface area contributed by atoms with E-state index in [-0.39, 0.29) is 36.0 Å². The standard InChI is InChI=1S/C14H27N3O2S.HI/c1-4-15-14(17-10-12-6-5-9-20-12)16-8-7-13(18)19-11(2)3;/h11-12H,4-10H2,1-3H3,(H2,15,16,17);1H. The van der Waals surface area contributed by atoms with Crippen molar-refractivity contribution >= 4 is 47.7 Å². The van der Waals surface area contributed by atoms with E-state index in [1.54, 1.807) is 0 Å². The Morgan fingerprint density at radius 3 is 2.76 bits per heavy atom.